The number of benzene rings is 1. The van der Waals surface area contributed by atoms with E-state index in [2.05, 4.69) is 29.8 Å². The highest BCUT2D eigenvalue weighted by atomic mass is 32.1. The number of hydrogen-bond donors (Lipinski definition) is 1. The molecule has 4 heteroatoms. The Labute approximate surface area is 118 Å². The van der Waals surface area contributed by atoms with Crippen LogP contribution in [0, 0.1) is 0 Å². The Hall–Kier alpha value is -1.39. The molecule has 0 bridgehead atoms. The predicted molar refractivity (Wildman–Crippen MR) is 81.1 cm³/mol. The molecule has 0 saturated carbocycles. The number of aryl methyl sites for hydroxylation is 1. The normalized spacial score (nSPS) is 10.7. The van der Waals surface area contributed by atoms with Crippen LogP contribution in [-0.2, 0) is 12.8 Å². The average Bonchev–Trinajstić information content (AvgIpc) is 2.93. The Balaban J connectivity index is 2.31. The molecule has 0 radical (unpaired) electrons. The van der Waals surface area contributed by atoms with Crippen LogP contribution in [0.15, 0.2) is 23.6 Å². The molecule has 1 N–H and O–H groups in total. The number of hydrogen-bond acceptors (Lipinski definition) is 4. The first-order valence-electron chi connectivity index (χ1n) is 6.54. The van der Waals surface area contributed by atoms with Gasteiger partial charge in [-0.25, -0.2) is 4.98 Å². The molecule has 0 atom stereocenters. The molecule has 1 heterocycles. The van der Waals surface area contributed by atoms with Crippen molar-refractivity contribution in [2.45, 2.75) is 19.8 Å². The summed E-state index contributed by atoms with van der Waals surface area (Å²) in [5.41, 5.74) is 3.41. The molecule has 2 rings (SSSR count). The first-order chi connectivity index (χ1) is 9.28. The van der Waals surface area contributed by atoms with Gasteiger partial charge in [0.1, 0.15) is 5.75 Å². The van der Waals surface area contributed by atoms with Crippen molar-refractivity contribution in [2.24, 2.45) is 0 Å². The summed E-state index contributed by atoms with van der Waals surface area (Å²) in [5.74, 6) is 0.891. The van der Waals surface area contributed by atoms with E-state index >= 15 is 0 Å². The predicted octanol–water partition coefficient (Wildman–Crippen LogP) is 3.14. The van der Waals surface area contributed by atoms with Crippen molar-refractivity contribution in [1.82, 2.24) is 10.3 Å². The van der Waals surface area contributed by atoms with Crippen LogP contribution in [-0.4, -0.2) is 25.7 Å². The summed E-state index contributed by atoms with van der Waals surface area (Å²) in [6.07, 6.45) is 1.99. The lowest BCUT2D eigenvalue weighted by atomic mass is 10.1. The van der Waals surface area contributed by atoms with Gasteiger partial charge in [0.2, 0.25) is 0 Å². The fourth-order valence-corrected chi connectivity index (χ4v) is 2.75. The van der Waals surface area contributed by atoms with Crippen molar-refractivity contribution < 1.29 is 4.74 Å². The summed E-state index contributed by atoms with van der Waals surface area (Å²) < 4.78 is 5.44. The zero-order chi connectivity index (χ0) is 13.7. The molecule has 0 fully saturated rings. The van der Waals surface area contributed by atoms with E-state index in [1.54, 1.807) is 18.4 Å². The molecule has 2 aromatic rings. The van der Waals surface area contributed by atoms with Gasteiger partial charge in [-0.15, -0.1) is 11.3 Å². The highest BCUT2D eigenvalue weighted by Crippen LogP contribution is 2.31. The molecular weight excluding hydrogens is 256 g/mol. The summed E-state index contributed by atoms with van der Waals surface area (Å²) in [7, 11) is 3.67. The Kier molecular flexibility index (Phi) is 4.93. The number of thiazole rings is 1. The number of aromatic nitrogens is 1. The number of nitrogens with one attached hydrogen (secondary N) is 1. The quantitative estimate of drug-likeness (QED) is 0.880. The Morgan fingerprint density at radius 1 is 1.37 bits per heavy atom. The second-order valence-electron chi connectivity index (χ2n) is 4.37. The second kappa shape index (κ2) is 6.68. The van der Waals surface area contributed by atoms with Gasteiger partial charge < -0.3 is 10.1 Å². The lowest BCUT2D eigenvalue weighted by Crippen LogP contribution is -2.09. The first-order valence-corrected chi connectivity index (χ1v) is 7.42. The van der Waals surface area contributed by atoms with Gasteiger partial charge in [-0.3, -0.25) is 0 Å². The highest BCUT2D eigenvalue weighted by Gasteiger charge is 2.10. The fraction of sp³-hybridized carbons (Fsp3) is 0.400. The van der Waals surface area contributed by atoms with E-state index in [-0.39, 0.29) is 0 Å². The van der Waals surface area contributed by atoms with E-state index in [0.717, 1.165) is 41.4 Å². The molecule has 0 aliphatic carbocycles. The minimum Gasteiger partial charge on any atom is -0.496 e. The molecule has 0 saturated heterocycles. The van der Waals surface area contributed by atoms with Crippen LogP contribution in [0.4, 0.5) is 0 Å². The van der Waals surface area contributed by atoms with E-state index in [1.165, 1.54) is 5.56 Å². The van der Waals surface area contributed by atoms with Gasteiger partial charge in [0, 0.05) is 23.9 Å². The highest BCUT2D eigenvalue weighted by molar-refractivity contribution is 7.09. The molecule has 1 aromatic carbocycles. The van der Waals surface area contributed by atoms with Crippen LogP contribution in [0.25, 0.3) is 11.3 Å². The zero-order valence-electron chi connectivity index (χ0n) is 11.7. The molecule has 3 nitrogen and oxygen atoms in total. The van der Waals surface area contributed by atoms with Crippen LogP contribution in [0.1, 0.15) is 17.5 Å². The lowest BCUT2D eigenvalue weighted by molar-refractivity contribution is 0.416. The summed E-state index contributed by atoms with van der Waals surface area (Å²) in [6.45, 7) is 3.12. The Morgan fingerprint density at radius 2 is 2.21 bits per heavy atom. The smallest absolute Gasteiger partial charge is 0.128 e. The van der Waals surface area contributed by atoms with Crippen LogP contribution >= 0.6 is 11.3 Å². The number of likely N-dealkylation sites (N-methyl/N-ethyl adjacent to an activating group) is 1. The summed E-state index contributed by atoms with van der Waals surface area (Å²) in [6, 6.07) is 6.31. The number of rotatable bonds is 6. The molecule has 0 amide bonds. The molecule has 0 aliphatic heterocycles. The summed E-state index contributed by atoms with van der Waals surface area (Å²) in [5, 5.41) is 6.42. The van der Waals surface area contributed by atoms with Crippen molar-refractivity contribution >= 4 is 11.3 Å². The van der Waals surface area contributed by atoms with E-state index in [4.69, 9.17) is 9.72 Å². The number of methoxy groups -OCH3 is 1. The number of nitrogens with zero attached hydrogens (tertiary/aromatic N) is 1. The largest absolute Gasteiger partial charge is 0.496 e. The lowest BCUT2D eigenvalue weighted by Gasteiger charge is -2.08. The third kappa shape index (κ3) is 3.33. The van der Waals surface area contributed by atoms with Gasteiger partial charge >= 0.3 is 0 Å². The molecule has 102 valence electrons. The Morgan fingerprint density at radius 3 is 2.89 bits per heavy atom. The third-order valence-electron chi connectivity index (χ3n) is 3.09. The van der Waals surface area contributed by atoms with Crippen molar-refractivity contribution in [3.05, 3.63) is 34.2 Å². The third-order valence-corrected chi connectivity index (χ3v) is 4.00. The molecule has 1 aromatic heterocycles. The van der Waals surface area contributed by atoms with Gasteiger partial charge in [-0.1, -0.05) is 13.0 Å². The number of ether oxygens (including phenoxy) is 1. The van der Waals surface area contributed by atoms with E-state index < -0.39 is 0 Å². The van der Waals surface area contributed by atoms with Crippen LogP contribution < -0.4 is 10.1 Å². The van der Waals surface area contributed by atoms with Gasteiger partial charge in [-0.2, -0.15) is 0 Å². The van der Waals surface area contributed by atoms with Gasteiger partial charge in [0.25, 0.3) is 0 Å². The topological polar surface area (TPSA) is 34.1 Å². The molecule has 19 heavy (non-hydrogen) atoms. The maximum absolute atomic E-state index is 5.44. The minimum atomic E-state index is 0.891. The molecule has 0 spiro atoms. The van der Waals surface area contributed by atoms with Crippen LogP contribution in [0.5, 0.6) is 5.75 Å². The van der Waals surface area contributed by atoms with Crippen molar-refractivity contribution in [3.63, 3.8) is 0 Å². The van der Waals surface area contributed by atoms with E-state index in [9.17, 15) is 0 Å². The van der Waals surface area contributed by atoms with E-state index in [0.29, 0.717) is 0 Å². The van der Waals surface area contributed by atoms with Crippen molar-refractivity contribution in [2.75, 3.05) is 20.7 Å². The summed E-state index contributed by atoms with van der Waals surface area (Å²) >= 11 is 1.71. The SMILES string of the molecule is CCc1ccc(OC)c(-c2csc(CCNC)n2)c1. The average molecular weight is 276 g/mol. The summed E-state index contributed by atoms with van der Waals surface area (Å²) in [4.78, 5) is 4.70. The van der Waals surface area contributed by atoms with Gasteiger partial charge in [0.15, 0.2) is 0 Å². The molecule has 0 unspecified atom stereocenters. The van der Waals surface area contributed by atoms with Gasteiger partial charge in [-0.05, 0) is 31.2 Å². The van der Waals surface area contributed by atoms with Gasteiger partial charge in [0.05, 0.1) is 17.8 Å². The molecular formula is C15H20N2OS. The first kappa shape index (κ1) is 14.0. The van der Waals surface area contributed by atoms with Crippen molar-refractivity contribution in [1.29, 1.82) is 0 Å². The zero-order valence-corrected chi connectivity index (χ0v) is 12.5. The fourth-order valence-electron chi connectivity index (χ4n) is 1.96. The van der Waals surface area contributed by atoms with Crippen LogP contribution in [0.3, 0.4) is 0 Å². The maximum atomic E-state index is 5.44. The van der Waals surface area contributed by atoms with E-state index in [1.807, 2.05) is 13.1 Å². The monoisotopic (exact) mass is 276 g/mol. The minimum absolute atomic E-state index is 0.891. The maximum Gasteiger partial charge on any atom is 0.128 e. The van der Waals surface area contributed by atoms with Crippen molar-refractivity contribution in [3.8, 4) is 17.0 Å². The standard InChI is InChI=1S/C15H20N2OS/c1-4-11-5-6-14(18-3)12(9-11)13-10-19-15(17-13)7-8-16-2/h5-6,9-10,16H,4,7-8H2,1-3H3. The van der Waals surface area contributed by atoms with Crippen LogP contribution in [0.2, 0.25) is 0 Å². The second-order valence-corrected chi connectivity index (χ2v) is 5.31. The molecule has 0 aliphatic rings. The Bertz CT molecular complexity index is 537.